The van der Waals surface area contributed by atoms with Gasteiger partial charge in [0.25, 0.3) is 0 Å². The summed E-state index contributed by atoms with van der Waals surface area (Å²) < 4.78 is 0. The molecule has 7 nitrogen and oxygen atoms in total. The van der Waals surface area contributed by atoms with Crippen LogP contribution in [0.3, 0.4) is 0 Å². The molecule has 2 rings (SSSR count). The van der Waals surface area contributed by atoms with Crippen molar-refractivity contribution in [1.29, 1.82) is 0 Å². The molecule has 0 saturated heterocycles. The third kappa shape index (κ3) is 3.23. The Morgan fingerprint density at radius 3 is 2.42 bits per heavy atom. The zero-order valence-corrected chi connectivity index (χ0v) is 9.93. The van der Waals surface area contributed by atoms with Gasteiger partial charge in [-0.25, -0.2) is 9.97 Å². The van der Waals surface area contributed by atoms with E-state index >= 15 is 0 Å². The maximum absolute atomic E-state index is 10.5. The van der Waals surface area contributed by atoms with Crippen molar-refractivity contribution in [3.63, 3.8) is 0 Å². The van der Waals surface area contributed by atoms with Crippen LogP contribution in [0.1, 0.15) is 11.6 Å². The van der Waals surface area contributed by atoms with Crippen LogP contribution in [0.15, 0.2) is 42.7 Å². The zero-order chi connectivity index (χ0) is 13.7. The van der Waals surface area contributed by atoms with Gasteiger partial charge in [-0.15, -0.1) is 0 Å². The number of rotatable bonds is 5. The lowest BCUT2D eigenvalue weighted by atomic mass is 10.1. The Morgan fingerprint density at radius 2 is 1.89 bits per heavy atom. The molecular formula is C12H12N4O3. The van der Waals surface area contributed by atoms with Gasteiger partial charge in [-0.1, -0.05) is 30.3 Å². The first kappa shape index (κ1) is 12.9. The van der Waals surface area contributed by atoms with E-state index < -0.39 is 4.92 Å². The smallest absolute Gasteiger partial charge is 0.305 e. The van der Waals surface area contributed by atoms with Gasteiger partial charge in [-0.05, 0) is 5.56 Å². The largest absolute Gasteiger partial charge is 0.394 e. The van der Waals surface area contributed by atoms with E-state index in [1.807, 2.05) is 30.3 Å². The predicted molar refractivity (Wildman–Crippen MR) is 68.6 cm³/mol. The third-order valence-electron chi connectivity index (χ3n) is 2.54. The maximum atomic E-state index is 10.5. The molecular weight excluding hydrogens is 248 g/mol. The van der Waals surface area contributed by atoms with Crippen molar-refractivity contribution in [2.24, 2.45) is 0 Å². The highest BCUT2D eigenvalue weighted by atomic mass is 16.6. The lowest BCUT2D eigenvalue weighted by Crippen LogP contribution is -2.16. The van der Waals surface area contributed by atoms with Crippen LogP contribution >= 0.6 is 0 Å². The van der Waals surface area contributed by atoms with Gasteiger partial charge in [-0.2, -0.15) is 0 Å². The number of anilines is 1. The van der Waals surface area contributed by atoms with E-state index in [1.54, 1.807) is 0 Å². The predicted octanol–water partition coefficient (Wildman–Crippen LogP) is 1.53. The van der Waals surface area contributed by atoms with Crippen molar-refractivity contribution in [2.75, 3.05) is 11.9 Å². The number of hydrogen-bond acceptors (Lipinski definition) is 6. The Labute approximate surface area is 109 Å². The lowest BCUT2D eigenvalue weighted by Gasteiger charge is -2.16. The molecule has 0 bridgehead atoms. The van der Waals surface area contributed by atoms with Crippen LogP contribution in [0.2, 0.25) is 0 Å². The molecule has 19 heavy (non-hydrogen) atoms. The van der Waals surface area contributed by atoms with E-state index in [4.69, 9.17) is 0 Å². The molecule has 2 N–H and O–H groups in total. The molecule has 0 aliphatic rings. The van der Waals surface area contributed by atoms with Gasteiger partial charge in [0.15, 0.2) is 0 Å². The summed E-state index contributed by atoms with van der Waals surface area (Å²) in [6, 6.07) is 8.95. The van der Waals surface area contributed by atoms with E-state index in [-0.39, 0.29) is 24.3 Å². The summed E-state index contributed by atoms with van der Waals surface area (Å²) in [5.41, 5.74) is 0.706. The van der Waals surface area contributed by atoms with Crippen molar-refractivity contribution in [2.45, 2.75) is 6.04 Å². The average Bonchev–Trinajstić information content (AvgIpc) is 2.46. The van der Waals surface area contributed by atoms with E-state index in [0.29, 0.717) is 0 Å². The lowest BCUT2D eigenvalue weighted by molar-refractivity contribution is -0.385. The van der Waals surface area contributed by atoms with Crippen molar-refractivity contribution >= 4 is 11.6 Å². The number of nitrogens with zero attached hydrogens (tertiary/aromatic N) is 3. The summed E-state index contributed by atoms with van der Waals surface area (Å²) in [5, 5.41) is 22.8. The number of benzene rings is 1. The van der Waals surface area contributed by atoms with E-state index in [2.05, 4.69) is 15.3 Å². The fourth-order valence-corrected chi connectivity index (χ4v) is 1.57. The minimum atomic E-state index is -0.565. The normalized spacial score (nSPS) is 11.8. The summed E-state index contributed by atoms with van der Waals surface area (Å²) in [6.07, 6.45) is 2.24. The van der Waals surface area contributed by atoms with Crippen LogP contribution in [0, 0.1) is 10.1 Å². The van der Waals surface area contributed by atoms with Gasteiger partial charge in [0.2, 0.25) is 5.95 Å². The first-order valence-corrected chi connectivity index (χ1v) is 5.59. The molecule has 2 aromatic rings. The van der Waals surface area contributed by atoms with Gasteiger partial charge in [-0.3, -0.25) is 10.1 Å². The number of nitro groups is 1. The minimum absolute atomic E-state index is 0.135. The van der Waals surface area contributed by atoms with E-state index in [0.717, 1.165) is 18.0 Å². The Morgan fingerprint density at radius 1 is 1.26 bits per heavy atom. The highest BCUT2D eigenvalue weighted by molar-refractivity contribution is 5.34. The first-order chi connectivity index (χ1) is 9.20. The van der Waals surface area contributed by atoms with Gasteiger partial charge in [0.1, 0.15) is 12.4 Å². The van der Waals surface area contributed by atoms with E-state index in [1.165, 1.54) is 0 Å². The average molecular weight is 260 g/mol. The number of aliphatic hydroxyl groups is 1. The van der Waals surface area contributed by atoms with Crippen molar-refractivity contribution in [3.05, 3.63) is 58.4 Å². The molecule has 1 heterocycles. The molecule has 1 aromatic carbocycles. The summed E-state index contributed by atoms with van der Waals surface area (Å²) >= 11 is 0. The molecule has 0 fully saturated rings. The molecule has 1 atom stereocenters. The van der Waals surface area contributed by atoms with Crippen LogP contribution in [0.4, 0.5) is 11.6 Å². The van der Waals surface area contributed by atoms with Gasteiger partial charge in [0.05, 0.1) is 17.6 Å². The van der Waals surface area contributed by atoms with Crippen LogP contribution in [0.25, 0.3) is 0 Å². The van der Waals surface area contributed by atoms with Crippen LogP contribution < -0.4 is 5.32 Å². The molecule has 7 heteroatoms. The highest BCUT2D eigenvalue weighted by Gasteiger charge is 2.12. The number of aromatic nitrogens is 2. The second-order valence-electron chi connectivity index (χ2n) is 3.81. The molecule has 1 unspecified atom stereocenters. The number of nitrogens with one attached hydrogen (secondary N) is 1. The van der Waals surface area contributed by atoms with Crippen LogP contribution in [-0.4, -0.2) is 26.6 Å². The van der Waals surface area contributed by atoms with Gasteiger partial charge < -0.3 is 10.4 Å². The van der Waals surface area contributed by atoms with Crippen molar-refractivity contribution < 1.29 is 10.0 Å². The highest BCUT2D eigenvalue weighted by Crippen LogP contribution is 2.17. The van der Waals surface area contributed by atoms with Crippen LogP contribution in [0.5, 0.6) is 0 Å². The molecule has 1 aromatic heterocycles. The van der Waals surface area contributed by atoms with Gasteiger partial charge in [0, 0.05) is 0 Å². The SMILES string of the molecule is O=[N+]([O-])c1cnc(NC(CO)c2ccccc2)nc1. The summed E-state index contributed by atoms with van der Waals surface area (Å²) in [4.78, 5) is 17.6. The number of aliphatic hydroxyl groups excluding tert-OH is 1. The molecule has 0 aliphatic carbocycles. The summed E-state index contributed by atoms with van der Waals surface area (Å²) in [7, 11) is 0. The second kappa shape index (κ2) is 5.87. The summed E-state index contributed by atoms with van der Waals surface area (Å²) in [6.45, 7) is -0.135. The Hall–Kier alpha value is -2.54. The number of hydrogen-bond donors (Lipinski definition) is 2. The summed E-state index contributed by atoms with van der Waals surface area (Å²) in [5.74, 6) is 0.230. The maximum Gasteiger partial charge on any atom is 0.305 e. The quantitative estimate of drug-likeness (QED) is 0.624. The monoisotopic (exact) mass is 260 g/mol. The Kier molecular flexibility index (Phi) is 3.99. The first-order valence-electron chi connectivity index (χ1n) is 5.59. The molecule has 98 valence electrons. The Balaban J connectivity index is 2.12. The molecule has 0 spiro atoms. The third-order valence-corrected chi connectivity index (χ3v) is 2.54. The topological polar surface area (TPSA) is 101 Å². The zero-order valence-electron chi connectivity index (χ0n) is 9.93. The van der Waals surface area contributed by atoms with Crippen molar-refractivity contribution in [1.82, 2.24) is 9.97 Å². The fourth-order valence-electron chi connectivity index (χ4n) is 1.57. The second-order valence-corrected chi connectivity index (χ2v) is 3.81. The van der Waals surface area contributed by atoms with Gasteiger partial charge >= 0.3 is 5.69 Å². The van der Waals surface area contributed by atoms with E-state index in [9.17, 15) is 15.2 Å². The standard InChI is InChI=1S/C12H12N4O3/c17-8-11(9-4-2-1-3-5-9)15-12-13-6-10(7-14-12)16(18)19/h1-7,11,17H,8H2,(H,13,14,15). The van der Waals surface area contributed by atoms with Crippen LogP contribution in [-0.2, 0) is 0 Å². The molecule has 0 radical (unpaired) electrons. The van der Waals surface area contributed by atoms with Crippen molar-refractivity contribution in [3.8, 4) is 0 Å². The molecule has 0 amide bonds. The minimum Gasteiger partial charge on any atom is -0.394 e. The molecule has 0 saturated carbocycles. The Bertz CT molecular complexity index is 545. The molecule has 0 aliphatic heterocycles. The fraction of sp³-hybridized carbons (Fsp3) is 0.167.